The molecule has 1 aromatic carbocycles. The smallest absolute Gasteiger partial charge is 0.235 e. The molecule has 0 saturated carbocycles. The van der Waals surface area contributed by atoms with Crippen molar-refractivity contribution in [1.82, 2.24) is 0 Å². The second-order valence-electron chi connectivity index (χ2n) is 3.63. The average Bonchev–Trinajstić information content (AvgIpc) is 2.34. The standard InChI is InChI=1S/C11H14ClFO5S/c1-16-9-4-7(8(13)6-19(12,14)15)5-10(17-2)11(9)18-3/h4-5,8H,6H2,1-3H3. The van der Waals surface area contributed by atoms with Crippen molar-refractivity contribution >= 4 is 19.7 Å². The number of hydrogen-bond donors (Lipinski definition) is 0. The normalized spacial score (nSPS) is 12.9. The fraction of sp³-hybridized carbons (Fsp3) is 0.455. The highest BCUT2D eigenvalue weighted by atomic mass is 35.7. The molecular weight excluding hydrogens is 299 g/mol. The van der Waals surface area contributed by atoms with Gasteiger partial charge in [-0.05, 0) is 17.7 Å². The van der Waals surface area contributed by atoms with Crippen LogP contribution in [0.25, 0.3) is 0 Å². The molecule has 0 fully saturated rings. The Bertz CT molecular complexity index is 521. The highest BCUT2D eigenvalue weighted by Gasteiger charge is 2.22. The van der Waals surface area contributed by atoms with Crippen molar-refractivity contribution in [3.8, 4) is 17.2 Å². The topological polar surface area (TPSA) is 61.8 Å². The van der Waals surface area contributed by atoms with Gasteiger partial charge in [-0.3, -0.25) is 0 Å². The Morgan fingerprint density at radius 3 is 1.95 bits per heavy atom. The molecule has 0 amide bonds. The Morgan fingerprint density at radius 1 is 1.16 bits per heavy atom. The minimum Gasteiger partial charge on any atom is -0.493 e. The summed E-state index contributed by atoms with van der Waals surface area (Å²) in [5.41, 5.74) is 0.0822. The van der Waals surface area contributed by atoms with E-state index in [4.69, 9.17) is 24.9 Å². The molecule has 0 aliphatic rings. The fourth-order valence-corrected chi connectivity index (χ4v) is 2.43. The highest BCUT2D eigenvalue weighted by Crippen LogP contribution is 2.40. The van der Waals surface area contributed by atoms with Crippen LogP contribution in [0.4, 0.5) is 4.39 Å². The zero-order valence-electron chi connectivity index (χ0n) is 10.6. The summed E-state index contributed by atoms with van der Waals surface area (Å²) in [6.07, 6.45) is -1.78. The lowest BCUT2D eigenvalue weighted by Gasteiger charge is -2.15. The van der Waals surface area contributed by atoms with Crippen LogP contribution in [-0.4, -0.2) is 35.5 Å². The lowest BCUT2D eigenvalue weighted by molar-refractivity contribution is 0.319. The summed E-state index contributed by atoms with van der Waals surface area (Å²) >= 11 is 0. The highest BCUT2D eigenvalue weighted by molar-refractivity contribution is 8.13. The second kappa shape index (κ2) is 6.29. The molecule has 8 heteroatoms. The molecule has 0 aromatic heterocycles. The van der Waals surface area contributed by atoms with Crippen molar-refractivity contribution in [1.29, 1.82) is 0 Å². The van der Waals surface area contributed by atoms with Crippen LogP contribution < -0.4 is 14.2 Å². The molecule has 0 saturated heterocycles. The first-order chi connectivity index (χ1) is 8.82. The molecule has 0 aliphatic carbocycles. The summed E-state index contributed by atoms with van der Waals surface area (Å²) in [6, 6.07) is 2.68. The number of rotatable bonds is 6. The molecule has 1 unspecified atom stereocenters. The molecule has 0 N–H and O–H groups in total. The third-order valence-electron chi connectivity index (χ3n) is 2.39. The van der Waals surface area contributed by atoms with E-state index in [2.05, 4.69) is 0 Å². The summed E-state index contributed by atoms with van der Waals surface area (Å²) < 4.78 is 50.8. The van der Waals surface area contributed by atoms with E-state index in [9.17, 15) is 12.8 Å². The van der Waals surface area contributed by atoms with Crippen LogP contribution in [0.5, 0.6) is 17.2 Å². The minimum atomic E-state index is -3.94. The van der Waals surface area contributed by atoms with E-state index in [0.29, 0.717) is 5.75 Å². The predicted molar refractivity (Wildman–Crippen MR) is 69.6 cm³/mol. The van der Waals surface area contributed by atoms with Gasteiger partial charge >= 0.3 is 0 Å². The molecule has 1 aromatic rings. The Labute approximate surface area is 115 Å². The Hall–Kier alpha value is -1.21. The molecule has 0 heterocycles. The Balaban J connectivity index is 3.22. The van der Waals surface area contributed by atoms with Crippen LogP contribution in [0.15, 0.2) is 12.1 Å². The van der Waals surface area contributed by atoms with E-state index in [0.717, 1.165) is 0 Å². The molecule has 19 heavy (non-hydrogen) atoms. The first-order valence-electron chi connectivity index (χ1n) is 5.18. The van der Waals surface area contributed by atoms with Crippen LogP contribution in [0.2, 0.25) is 0 Å². The van der Waals surface area contributed by atoms with Crippen molar-refractivity contribution in [3.05, 3.63) is 17.7 Å². The van der Waals surface area contributed by atoms with Crippen molar-refractivity contribution in [2.75, 3.05) is 27.1 Å². The van der Waals surface area contributed by atoms with E-state index >= 15 is 0 Å². The van der Waals surface area contributed by atoms with Crippen LogP contribution in [0, 0.1) is 0 Å². The number of methoxy groups -OCH3 is 3. The van der Waals surface area contributed by atoms with Gasteiger partial charge in [0.2, 0.25) is 14.8 Å². The van der Waals surface area contributed by atoms with Gasteiger partial charge in [0.05, 0.1) is 21.3 Å². The number of alkyl halides is 1. The van der Waals surface area contributed by atoms with Gasteiger partial charge in [0.15, 0.2) is 11.5 Å². The molecule has 0 spiro atoms. The molecule has 5 nitrogen and oxygen atoms in total. The van der Waals surface area contributed by atoms with Gasteiger partial charge in [-0.2, -0.15) is 0 Å². The quantitative estimate of drug-likeness (QED) is 0.754. The molecular formula is C11H14ClFO5S. The van der Waals surface area contributed by atoms with Crippen molar-refractivity contribution in [2.45, 2.75) is 6.17 Å². The first kappa shape index (κ1) is 15.8. The fourth-order valence-electron chi connectivity index (χ4n) is 1.55. The van der Waals surface area contributed by atoms with E-state index in [1.165, 1.54) is 33.5 Å². The summed E-state index contributed by atoms with van der Waals surface area (Å²) in [6.45, 7) is 0. The van der Waals surface area contributed by atoms with Crippen molar-refractivity contribution < 1.29 is 27.0 Å². The second-order valence-corrected chi connectivity index (χ2v) is 6.45. The molecule has 1 rings (SSSR count). The van der Waals surface area contributed by atoms with E-state index in [1.807, 2.05) is 0 Å². The van der Waals surface area contributed by atoms with Crippen LogP contribution >= 0.6 is 10.7 Å². The summed E-state index contributed by atoms with van der Waals surface area (Å²) in [4.78, 5) is 0. The van der Waals surface area contributed by atoms with Gasteiger partial charge in [-0.15, -0.1) is 0 Å². The zero-order valence-corrected chi connectivity index (χ0v) is 12.2. The summed E-state index contributed by atoms with van der Waals surface area (Å²) in [5, 5.41) is 0. The number of hydrogen-bond acceptors (Lipinski definition) is 5. The van der Waals surface area contributed by atoms with Gasteiger partial charge in [-0.1, -0.05) is 0 Å². The lowest BCUT2D eigenvalue weighted by Crippen LogP contribution is -2.07. The van der Waals surface area contributed by atoms with Gasteiger partial charge < -0.3 is 14.2 Å². The molecule has 1 atom stereocenters. The zero-order chi connectivity index (χ0) is 14.6. The van der Waals surface area contributed by atoms with Gasteiger partial charge in [-0.25, -0.2) is 12.8 Å². The number of benzene rings is 1. The van der Waals surface area contributed by atoms with E-state index < -0.39 is 21.0 Å². The minimum absolute atomic E-state index is 0.0822. The van der Waals surface area contributed by atoms with E-state index in [-0.39, 0.29) is 17.1 Å². The predicted octanol–water partition coefficient (Wildman–Crippen LogP) is 2.29. The van der Waals surface area contributed by atoms with Crippen molar-refractivity contribution in [2.24, 2.45) is 0 Å². The Kier molecular flexibility index (Phi) is 5.25. The third-order valence-corrected chi connectivity index (χ3v) is 3.46. The summed E-state index contributed by atoms with van der Waals surface area (Å²) in [5.74, 6) is -0.0414. The molecule has 0 aliphatic heterocycles. The van der Waals surface area contributed by atoms with Crippen LogP contribution in [0.1, 0.15) is 11.7 Å². The number of ether oxygens (including phenoxy) is 3. The molecule has 0 bridgehead atoms. The Morgan fingerprint density at radius 2 is 1.63 bits per heavy atom. The largest absolute Gasteiger partial charge is 0.493 e. The lowest BCUT2D eigenvalue weighted by atomic mass is 10.1. The first-order valence-corrected chi connectivity index (χ1v) is 7.66. The third kappa shape index (κ3) is 4.14. The maximum Gasteiger partial charge on any atom is 0.235 e. The maximum atomic E-state index is 13.9. The maximum absolute atomic E-state index is 13.9. The van der Waals surface area contributed by atoms with Crippen LogP contribution in [-0.2, 0) is 9.05 Å². The average molecular weight is 313 g/mol. The van der Waals surface area contributed by atoms with Gasteiger partial charge in [0.25, 0.3) is 0 Å². The van der Waals surface area contributed by atoms with Crippen LogP contribution in [0.3, 0.4) is 0 Å². The van der Waals surface area contributed by atoms with Gasteiger partial charge in [0.1, 0.15) is 11.9 Å². The molecule has 108 valence electrons. The molecule has 0 radical (unpaired) electrons. The van der Waals surface area contributed by atoms with Gasteiger partial charge in [0, 0.05) is 10.7 Å². The van der Waals surface area contributed by atoms with Crippen molar-refractivity contribution in [3.63, 3.8) is 0 Å². The number of halogens is 2. The monoisotopic (exact) mass is 312 g/mol. The van der Waals surface area contributed by atoms with E-state index in [1.54, 1.807) is 0 Å². The summed E-state index contributed by atoms with van der Waals surface area (Å²) in [7, 11) is 5.26. The SMILES string of the molecule is COc1cc(C(F)CS(=O)(=O)Cl)cc(OC)c1OC.